The first kappa shape index (κ1) is 14.5. The van der Waals surface area contributed by atoms with Crippen molar-refractivity contribution in [2.75, 3.05) is 7.05 Å². The second-order valence-electron chi connectivity index (χ2n) is 5.29. The lowest BCUT2D eigenvalue weighted by atomic mass is 10.0. The lowest BCUT2D eigenvalue weighted by Gasteiger charge is -2.12. The zero-order valence-electron chi connectivity index (χ0n) is 12.5. The summed E-state index contributed by atoms with van der Waals surface area (Å²) in [5.41, 5.74) is 3.62. The van der Waals surface area contributed by atoms with Gasteiger partial charge in [0.25, 0.3) is 0 Å². The molecule has 4 nitrogen and oxygen atoms in total. The van der Waals surface area contributed by atoms with Crippen molar-refractivity contribution in [1.29, 1.82) is 0 Å². The molecular weight excluding hydrogens is 250 g/mol. The molecule has 0 amide bonds. The van der Waals surface area contributed by atoms with Crippen LogP contribution in [0.5, 0.6) is 0 Å². The summed E-state index contributed by atoms with van der Waals surface area (Å²) in [6.45, 7) is 6.71. The fraction of sp³-hybridized carbons (Fsp3) is 0.375. The van der Waals surface area contributed by atoms with Crippen LogP contribution >= 0.6 is 0 Å². The Balaban J connectivity index is 2.46. The Morgan fingerprint density at radius 2 is 1.90 bits per heavy atom. The van der Waals surface area contributed by atoms with Crippen LogP contribution in [-0.4, -0.2) is 16.8 Å². The molecule has 4 heteroatoms. The lowest BCUT2D eigenvalue weighted by Crippen LogP contribution is -2.22. The largest absolute Gasteiger partial charge is 0.314 e. The van der Waals surface area contributed by atoms with Gasteiger partial charge in [-0.15, -0.1) is 0 Å². The minimum Gasteiger partial charge on any atom is -0.314 e. The first-order valence-electron chi connectivity index (χ1n) is 6.87. The van der Waals surface area contributed by atoms with Gasteiger partial charge in [-0.1, -0.05) is 26.0 Å². The van der Waals surface area contributed by atoms with E-state index in [9.17, 15) is 4.79 Å². The van der Waals surface area contributed by atoms with Gasteiger partial charge in [-0.25, -0.2) is 4.68 Å². The predicted octanol–water partition coefficient (Wildman–Crippen LogP) is 2.38. The highest BCUT2D eigenvalue weighted by molar-refractivity contribution is 5.36. The van der Waals surface area contributed by atoms with E-state index in [1.165, 1.54) is 5.56 Å². The molecular formula is C16H21N3O. The summed E-state index contributed by atoms with van der Waals surface area (Å²) in [5, 5.41) is 7.42. The Labute approximate surface area is 119 Å². The van der Waals surface area contributed by atoms with Crippen LogP contribution in [0.15, 0.2) is 35.1 Å². The molecule has 0 fully saturated rings. The third-order valence-electron chi connectivity index (χ3n) is 3.33. The number of aromatic nitrogens is 2. The summed E-state index contributed by atoms with van der Waals surface area (Å²) < 4.78 is 1.82. The summed E-state index contributed by atoms with van der Waals surface area (Å²) in [6, 6.07) is 9.94. The van der Waals surface area contributed by atoms with Gasteiger partial charge in [0.2, 0.25) is 5.43 Å². The van der Waals surface area contributed by atoms with Crippen molar-refractivity contribution >= 4 is 0 Å². The van der Waals surface area contributed by atoms with Gasteiger partial charge in [-0.2, -0.15) is 5.10 Å². The van der Waals surface area contributed by atoms with Crippen molar-refractivity contribution in [3.05, 3.63) is 57.5 Å². The highest BCUT2D eigenvalue weighted by Crippen LogP contribution is 2.17. The molecule has 2 aromatic rings. The van der Waals surface area contributed by atoms with E-state index < -0.39 is 0 Å². The number of benzene rings is 1. The number of hydrogen-bond donors (Lipinski definition) is 1. The Hall–Kier alpha value is -1.94. The van der Waals surface area contributed by atoms with Gasteiger partial charge in [0, 0.05) is 18.3 Å². The zero-order chi connectivity index (χ0) is 14.7. The molecule has 0 aliphatic carbocycles. The third-order valence-corrected chi connectivity index (χ3v) is 3.33. The number of nitrogens with one attached hydrogen (secondary N) is 1. The summed E-state index contributed by atoms with van der Waals surface area (Å²) in [5.74, 6) is 0.506. The molecule has 0 aliphatic rings. The number of aryl methyl sites for hydroxylation is 1. The van der Waals surface area contributed by atoms with Gasteiger partial charge in [0.05, 0.1) is 5.69 Å². The van der Waals surface area contributed by atoms with Crippen molar-refractivity contribution in [2.45, 2.75) is 33.2 Å². The molecule has 0 radical (unpaired) electrons. The minimum atomic E-state index is -0.0214. The number of nitrogens with zero attached hydrogens (tertiary/aromatic N) is 2. The van der Waals surface area contributed by atoms with Crippen LogP contribution in [-0.2, 0) is 6.54 Å². The first-order chi connectivity index (χ1) is 9.52. The smallest absolute Gasteiger partial charge is 0.204 e. The SMILES string of the molecule is CNCc1nn(-c2ccc(C(C)C)cc2)c(C)cc1=O. The molecule has 1 aromatic heterocycles. The monoisotopic (exact) mass is 271 g/mol. The fourth-order valence-corrected chi connectivity index (χ4v) is 2.13. The molecule has 1 N–H and O–H groups in total. The normalized spacial score (nSPS) is 11.1. The quantitative estimate of drug-likeness (QED) is 0.928. The molecule has 0 saturated carbocycles. The summed E-state index contributed by atoms with van der Waals surface area (Å²) in [6.07, 6.45) is 0. The molecule has 0 spiro atoms. The van der Waals surface area contributed by atoms with E-state index in [0.29, 0.717) is 18.2 Å². The molecule has 106 valence electrons. The molecule has 1 aromatic carbocycles. The highest BCUT2D eigenvalue weighted by atomic mass is 16.1. The van der Waals surface area contributed by atoms with E-state index in [-0.39, 0.29) is 5.43 Å². The molecule has 2 rings (SSSR count). The average Bonchev–Trinajstić information content (AvgIpc) is 2.42. The molecule has 0 atom stereocenters. The van der Waals surface area contributed by atoms with Crippen LogP contribution in [0, 0.1) is 6.92 Å². The maximum absolute atomic E-state index is 11.8. The van der Waals surface area contributed by atoms with Crippen LogP contribution < -0.4 is 10.7 Å². The van der Waals surface area contributed by atoms with E-state index in [0.717, 1.165) is 11.4 Å². The third kappa shape index (κ3) is 2.96. The van der Waals surface area contributed by atoms with Crippen molar-refractivity contribution < 1.29 is 0 Å². The molecule has 1 heterocycles. The Bertz CT molecular complexity index is 642. The Morgan fingerprint density at radius 3 is 2.45 bits per heavy atom. The molecule has 0 aliphatic heterocycles. The molecule has 0 saturated heterocycles. The fourth-order valence-electron chi connectivity index (χ4n) is 2.13. The van der Waals surface area contributed by atoms with Crippen molar-refractivity contribution in [2.24, 2.45) is 0 Å². The topological polar surface area (TPSA) is 46.9 Å². The average molecular weight is 271 g/mol. The summed E-state index contributed by atoms with van der Waals surface area (Å²) in [7, 11) is 1.81. The van der Waals surface area contributed by atoms with Gasteiger partial charge < -0.3 is 5.32 Å². The highest BCUT2D eigenvalue weighted by Gasteiger charge is 2.07. The second kappa shape index (κ2) is 6.01. The van der Waals surface area contributed by atoms with Gasteiger partial charge in [-0.3, -0.25) is 4.79 Å². The number of hydrogen-bond acceptors (Lipinski definition) is 3. The van der Waals surface area contributed by atoms with E-state index in [2.05, 4.69) is 36.4 Å². The first-order valence-corrected chi connectivity index (χ1v) is 6.87. The van der Waals surface area contributed by atoms with E-state index in [4.69, 9.17) is 0 Å². The van der Waals surface area contributed by atoms with Crippen LogP contribution in [0.3, 0.4) is 0 Å². The summed E-state index contributed by atoms with van der Waals surface area (Å²) in [4.78, 5) is 11.8. The lowest BCUT2D eigenvalue weighted by molar-refractivity contribution is 0.703. The van der Waals surface area contributed by atoms with E-state index in [1.54, 1.807) is 6.07 Å². The van der Waals surface area contributed by atoms with Crippen molar-refractivity contribution in [3.63, 3.8) is 0 Å². The molecule has 0 bridgehead atoms. The van der Waals surface area contributed by atoms with Gasteiger partial charge in [0.1, 0.15) is 5.69 Å². The number of rotatable bonds is 4. The standard InChI is InChI=1S/C16H21N3O/c1-11(2)13-5-7-14(8-6-13)19-12(3)9-16(20)15(18-19)10-17-4/h5-9,11,17H,10H2,1-4H3. The van der Waals surface area contributed by atoms with Crippen LogP contribution in [0.2, 0.25) is 0 Å². The van der Waals surface area contributed by atoms with Crippen molar-refractivity contribution in [3.8, 4) is 5.69 Å². The predicted molar refractivity (Wildman–Crippen MR) is 81.4 cm³/mol. The Kier molecular flexibility index (Phi) is 4.35. The molecule has 20 heavy (non-hydrogen) atoms. The molecule has 0 unspecified atom stereocenters. The van der Waals surface area contributed by atoms with Crippen LogP contribution in [0.4, 0.5) is 0 Å². The summed E-state index contributed by atoms with van der Waals surface area (Å²) >= 11 is 0. The maximum Gasteiger partial charge on any atom is 0.204 e. The van der Waals surface area contributed by atoms with E-state index >= 15 is 0 Å². The minimum absolute atomic E-state index is 0.0214. The van der Waals surface area contributed by atoms with Gasteiger partial charge in [-0.05, 0) is 37.6 Å². The van der Waals surface area contributed by atoms with Gasteiger partial charge in [0.15, 0.2) is 0 Å². The van der Waals surface area contributed by atoms with E-state index in [1.807, 2.05) is 30.8 Å². The zero-order valence-corrected chi connectivity index (χ0v) is 12.5. The maximum atomic E-state index is 11.8. The van der Waals surface area contributed by atoms with Crippen molar-refractivity contribution in [1.82, 2.24) is 15.1 Å². The Morgan fingerprint density at radius 1 is 1.25 bits per heavy atom. The van der Waals surface area contributed by atoms with Crippen LogP contribution in [0.1, 0.15) is 36.7 Å². The van der Waals surface area contributed by atoms with Crippen LogP contribution in [0.25, 0.3) is 5.69 Å². The van der Waals surface area contributed by atoms with Gasteiger partial charge >= 0.3 is 0 Å². The second-order valence-corrected chi connectivity index (χ2v) is 5.29.